The molecule has 0 aliphatic rings. The van der Waals surface area contributed by atoms with Crippen molar-refractivity contribution in [3.8, 4) is 0 Å². The van der Waals surface area contributed by atoms with Crippen LogP contribution in [0.1, 0.15) is 27.2 Å². The van der Waals surface area contributed by atoms with E-state index in [2.05, 4.69) is 24.1 Å². The summed E-state index contributed by atoms with van der Waals surface area (Å²) in [6, 6.07) is -0.623. The van der Waals surface area contributed by atoms with E-state index in [1.54, 1.807) is 6.92 Å². The van der Waals surface area contributed by atoms with Crippen molar-refractivity contribution >= 4 is 5.91 Å². The van der Waals surface area contributed by atoms with E-state index in [1.807, 2.05) is 5.32 Å². The van der Waals surface area contributed by atoms with Gasteiger partial charge in [0, 0.05) is 13.1 Å². The molecule has 0 heterocycles. The highest BCUT2D eigenvalue weighted by Gasteiger charge is 2.28. The molecule has 0 aliphatic carbocycles. The summed E-state index contributed by atoms with van der Waals surface area (Å²) in [6.45, 7) is 7.67. The van der Waals surface area contributed by atoms with E-state index in [9.17, 15) is 18.0 Å². The van der Waals surface area contributed by atoms with Crippen LogP contribution >= 0.6 is 0 Å². The van der Waals surface area contributed by atoms with Gasteiger partial charge in [-0.1, -0.05) is 13.8 Å². The third-order valence-corrected chi connectivity index (χ3v) is 2.72. The predicted octanol–water partition coefficient (Wildman–Crippen LogP) is 1.37. The van der Waals surface area contributed by atoms with Crippen LogP contribution in [-0.2, 0) is 4.79 Å². The second-order valence-electron chi connectivity index (χ2n) is 4.44. The van der Waals surface area contributed by atoms with Gasteiger partial charge in [-0.15, -0.1) is 0 Å². The molecule has 1 amide bonds. The minimum atomic E-state index is -4.37. The Morgan fingerprint density at radius 3 is 2.37 bits per heavy atom. The maximum Gasteiger partial charge on any atom is 0.405 e. The number of rotatable bonds is 9. The van der Waals surface area contributed by atoms with Gasteiger partial charge < -0.3 is 15.5 Å². The van der Waals surface area contributed by atoms with Gasteiger partial charge in [-0.25, -0.2) is 0 Å². The average Bonchev–Trinajstić information content (AvgIpc) is 2.33. The Hall–Kier alpha value is -0.820. The molecular weight excluding hydrogens is 259 g/mol. The highest BCUT2D eigenvalue weighted by atomic mass is 19.4. The zero-order chi connectivity index (χ0) is 14.9. The van der Waals surface area contributed by atoms with Crippen LogP contribution in [0.4, 0.5) is 13.2 Å². The largest absolute Gasteiger partial charge is 0.405 e. The van der Waals surface area contributed by atoms with E-state index in [1.165, 1.54) is 0 Å². The molecule has 1 atom stereocenters. The molecule has 0 fully saturated rings. The molecule has 0 rings (SSSR count). The molecule has 0 spiro atoms. The summed E-state index contributed by atoms with van der Waals surface area (Å²) >= 11 is 0. The van der Waals surface area contributed by atoms with Crippen LogP contribution in [0.5, 0.6) is 0 Å². The molecule has 2 N–H and O–H groups in total. The van der Waals surface area contributed by atoms with Crippen LogP contribution in [0.25, 0.3) is 0 Å². The number of carbonyl (C=O) groups is 1. The van der Waals surface area contributed by atoms with E-state index >= 15 is 0 Å². The number of amides is 1. The quantitative estimate of drug-likeness (QED) is 0.672. The van der Waals surface area contributed by atoms with Crippen molar-refractivity contribution in [1.29, 1.82) is 0 Å². The minimum Gasteiger partial charge on any atom is -0.346 e. The first kappa shape index (κ1) is 18.2. The second-order valence-corrected chi connectivity index (χ2v) is 4.44. The van der Waals surface area contributed by atoms with Crippen molar-refractivity contribution in [3.63, 3.8) is 0 Å². The van der Waals surface area contributed by atoms with Crippen LogP contribution in [0.15, 0.2) is 0 Å². The second kappa shape index (κ2) is 9.14. The van der Waals surface area contributed by atoms with Gasteiger partial charge in [0.2, 0.25) is 5.91 Å². The van der Waals surface area contributed by atoms with Crippen molar-refractivity contribution in [2.45, 2.75) is 39.4 Å². The van der Waals surface area contributed by atoms with Crippen molar-refractivity contribution in [2.75, 3.05) is 32.7 Å². The first-order chi connectivity index (χ1) is 8.80. The fraction of sp³-hybridized carbons (Fsp3) is 0.917. The predicted molar refractivity (Wildman–Crippen MR) is 68.9 cm³/mol. The zero-order valence-electron chi connectivity index (χ0n) is 11.8. The summed E-state index contributed by atoms with van der Waals surface area (Å²) < 4.78 is 35.8. The average molecular weight is 283 g/mol. The van der Waals surface area contributed by atoms with E-state index < -0.39 is 24.7 Å². The van der Waals surface area contributed by atoms with Gasteiger partial charge in [0.05, 0.1) is 6.04 Å². The third kappa shape index (κ3) is 9.72. The van der Waals surface area contributed by atoms with Crippen LogP contribution in [0.3, 0.4) is 0 Å². The van der Waals surface area contributed by atoms with Gasteiger partial charge in [0.15, 0.2) is 0 Å². The van der Waals surface area contributed by atoms with Gasteiger partial charge in [-0.3, -0.25) is 4.79 Å². The lowest BCUT2D eigenvalue weighted by Gasteiger charge is -2.21. The fourth-order valence-corrected chi connectivity index (χ4v) is 1.62. The lowest BCUT2D eigenvalue weighted by Crippen LogP contribution is -2.47. The molecule has 0 aromatic rings. The maximum absolute atomic E-state index is 11.9. The number of carbonyl (C=O) groups excluding carboxylic acids is 1. The van der Waals surface area contributed by atoms with Gasteiger partial charge in [0.1, 0.15) is 6.54 Å². The van der Waals surface area contributed by atoms with E-state index in [4.69, 9.17) is 0 Å². The van der Waals surface area contributed by atoms with Crippen LogP contribution < -0.4 is 10.6 Å². The smallest absolute Gasteiger partial charge is 0.346 e. The molecule has 0 aromatic heterocycles. The number of likely N-dealkylation sites (N-methyl/N-ethyl adjacent to an activating group) is 1. The molecule has 0 radical (unpaired) electrons. The van der Waals surface area contributed by atoms with Crippen molar-refractivity contribution in [1.82, 2.24) is 15.5 Å². The summed E-state index contributed by atoms with van der Waals surface area (Å²) in [5.41, 5.74) is 0. The number of nitrogens with one attached hydrogen (secondary N) is 2. The highest BCUT2D eigenvalue weighted by Crippen LogP contribution is 2.12. The normalized spacial score (nSPS) is 13.6. The summed E-state index contributed by atoms with van der Waals surface area (Å²) in [4.78, 5) is 13.6. The first-order valence-corrected chi connectivity index (χ1v) is 6.60. The standard InChI is InChI=1S/C12H24F3N3O/c1-4-7-18(5-2)8-6-16-10(3)11(19)17-9-12(13,14)15/h10,16H,4-9H2,1-3H3,(H,17,19). The summed E-state index contributed by atoms with van der Waals surface area (Å²) in [7, 11) is 0. The van der Waals surface area contributed by atoms with Gasteiger partial charge in [0.25, 0.3) is 0 Å². The van der Waals surface area contributed by atoms with Gasteiger partial charge in [-0.05, 0) is 26.4 Å². The minimum absolute atomic E-state index is 0.578. The molecule has 7 heteroatoms. The SMILES string of the molecule is CCCN(CC)CCNC(C)C(=O)NCC(F)(F)F. The number of hydrogen-bond acceptors (Lipinski definition) is 3. The Morgan fingerprint density at radius 2 is 1.89 bits per heavy atom. The van der Waals surface area contributed by atoms with E-state index in [0.717, 1.165) is 26.1 Å². The van der Waals surface area contributed by atoms with Crippen molar-refractivity contribution < 1.29 is 18.0 Å². The van der Waals surface area contributed by atoms with Crippen LogP contribution in [0, 0.1) is 0 Å². The molecule has 1 unspecified atom stereocenters. The Kier molecular flexibility index (Phi) is 8.75. The number of hydrogen-bond donors (Lipinski definition) is 2. The van der Waals surface area contributed by atoms with Crippen molar-refractivity contribution in [3.05, 3.63) is 0 Å². The first-order valence-electron chi connectivity index (χ1n) is 6.60. The molecule has 19 heavy (non-hydrogen) atoms. The molecule has 114 valence electrons. The molecule has 0 saturated carbocycles. The van der Waals surface area contributed by atoms with Gasteiger partial charge >= 0.3 is 6.18 Å². The molecule has 0 saturated heterocycles. The Balaban J connectivity index is 3.84. The number of alkyl halides is 3. The topological polar surface area (TPSA) is 44.4 Å². The molecule has 0 aromatic carbocycles. The summed E-state index contributed by atoms with van der Waals surface area (Å²) in [5.74, 6) is -0.629. The van der Waals surface area contributed by atoms with E-state index in [-0.39, 0.29) is 0 Å². The third-order valence-electron chi connectivity index (χ3n) is 2.72. The monoisotopic (exact) mass is 283 g/mol. The lowest BCUT2D eigenvalue weighted by atomic mass is 10.3. The number of halogens is 3. The molecule has 4 nitrogen and oxygen atoms in total. The van der Waals surface area contributed by atoms with Crippen LogP contribution in [-0.4, -0.2) is 55.7 Å². The Labute approximate surface area is 112 Å². The lowest BCUT2D eigenvalue weighted by molar-refractivity contribution is -0.139. The molecule has 0 aliphatic heterocycles. The highest BCUT2D eigenvalue weighted by molar-refractivity contribution is 5.81. The maximum atomic E-state index is 11.9. The van der Waals surface area contributed by atoms with Crippen molar-refractivity contribution in [2.24, 2.45) is 0 Å². The van der Waals surface area contributed by atoms with E-state index in [0.29, 0.717) is 6.54 Å². The van der Waals surface area contributed by atoms with Crippen LogP contribution in [0.2, 0.25) is 0 Å². The number of nitrogens with zero attached hydrogens (tertiary/aromatic N) is 1. The fourth-order valence-electron chi connectivity index (χ4n) is 1.62. The molecule has 0 bridgehead atoms. The summed E-state index contributed by atoms with van der Waals surface area (Å²) in [6.07, 6.45) is -3.31. The Morgan fingerprint density at radius 1 is 1.26 bits per heavy atom. The Bertz CT molecular complexity index is 259. The zero-order valence-corrected chi connectivity index (χ0v) is 11.8. The molecular formula is C12H24F3N3O. The van der Waals surface area contributed by atoms with Gasteiger partial charge in [-0.2, -0.15) is 13.2 Å². The summed E-state index contributed by atoms with van der Waals surface area (Å²) in [5, 5.41) is 4.78.